The highest BCUT2D eigenvalue weighted by molar-refractivity contribution is 7.89. The summed E-state index contributed by atoms with van der Waals surface area (Å²) >= 11 is 0. The summed E-state index contributed by atoms with van der Waals surface area (Å²) in [7, 11) is -3.88. The number of sulfonamides is 1. The van der Waals surface area contributed by atoms with Gasteiger partial charge in [0.2, 0.25) is 10.0 Å². The second-order valence-electron chi connectivity index (χ2n) is 5.36. The zero-order chi connectivity index (χ0) is 15.6. The third-order valence-corrected chi connectivity index (χ3v) is 5.62. The molecule has 1 fully saturated rings. The van der Waals surface area contributed by atoms with Crippen LogP contribution in [0.15, 0.2) is 29.2 Å². The second-order valence-corrected chi connectivity index (χ2v) is 7.22. The van der Waals surface area contributed by atoms with E-state index in [2.05, 4.69) is 5.32 Å². The largest absolute Gasteiger partial charge is 0.314 e. The van der Waals surface area contributed by atoms with Crippen molar-refractivity contribution in [2.75, 3.05) is 19.6 Å². The highest BCUT2D eigenvalue weighted by atomic mass is 32.2. The molecule has 0 radical (unpaired) electrons. The van der Waals surface area contributed by atoms with E-state index in [0.717, 1.165) is 0 Å². The van der Waals surface area contributed by atoms with Crippen LogP contribution in [0.1, 0.15) is 13.8 Å². The van der Waals surface area contributed by atoms with Crippen LogP contribution >= 0.6 is 0 Å². The van der Waals surface area contributed by atoms with Gasteiger partial charge in [0, 0.05) is 31.7 Å². The minimum atomic E-state index is -3.88. The van der Waals surface area contributed by atoms with Crippen molar-refractivity contribution in [2.45, 2.75) is 24.8 Å². The summed E-state index contributed by atoms with van der Waals surface area (Å²) in [5, 5.41) is 14.2. The van der Waals surface area contributed by atoms with E-state index >= 15 is 0 Å². The van der Waals surface area contributed by atoms with E-state index in [1.54, 1.807) is 0 Å². The normalized spacial score (nSPS) is 20.6. The highest BCUT2D eigenvalue weighted by Gasteiger charge is 2.38. The third kappa shape index (κ3) is 3.07. The van der Waals surface area contributed by atoms with Crippen molar-refractivity contribution in [1.29, 1.82) is 0 Å². The Morgan fingerprint density at radius 3 is 2.67 bits per heavy atom. The monoisotopic (exact) mass is 313 g/mol. The predicted octanol–water partition coefficient (Wildman–Crippen LogP) is 1.21. The number of benzene rings is 1. The number of para-hydroxylation sites is 1. The maximum Gasteiger partial charge on any atom is 0.289 e. The molecule has 0 saturated carbocycles. The summed E-state index contributed by atoms with van der Waals surface area (Å²) in [4.78, 5) is 10.2. The molecule has 1 aromatic carbocycles. The average Bonchev–Trinajstić information content (AvgIpc) is 2.47. The zero-order valence-corrected chi connectivity index (χ0v) is 12.8. The first-order valence-corrected chi connectivity index (χ1v) is 8.25. The Balaban J connectivity index is 2.48. The number of nitro benzene ring substituents is 1. The lowest BCUT2D eigenvalue weighted by Crippen LogP contribution is -2.55. The van der Waals surface area contributed by atoms with Gasteiger partial charge in [-0.15, -0.1) is 0 Å². The predicted molar refractivity (Wildman–Crippen MR) is 78.5 cm³/mol. The quantitative estimate of drug-likeness (QED) is 0.666. The molecule has 0 aliphatic carbocycles. The highest BCUT2D eigenvalue weighted by Crippen LogP contribution is 2.29. The van der Waals surface area contributed by atoms with Crippen molar-refractivity contribution in [1.82, 2.24) is 9.62 Å². The SMILES string of the molecule is CC(C)C1CNCCN1S(=O)(=O)c1ccccc1[N+](=O)[O-]. The van der Waals surface area contributed by atoms with Crippen LogP contribution in [0.5, 0.6) is 0 Å². The minimum Gasteiger partial charge on any atom is -0.314 e. The van der Waals surface area contributed by atoms with Gasteiger partial charge < -0.3 is 5.32 Å². The first-order valence-electron chi connectivity index (χ1n) is 6.81. The number of nitrogens with zero attached hydrogens (tertiary/aromatic N) is 2. The molecule has 21 heavy (non-hydrogen) atoms. The summed E-state index contributed by atoms with van der Waals surface area (Å²) in [6, 6.07) is 5.29. The number of nitro groups is 1. The van der Waals surface area contributed by atoms with Crippen LogP contribution in [-0.2, 0) is 10.0 Å². The molecule has 1 atom stereocenters. The smallest absolute Gasteiger partial charge is 0.289 e. The van der Waals surface area contributed by atoms with E-state index in [1.165, 1.54) is 28.6 Å². The van der Waals surface area contributed by atoms with Crippen LogP contribution in [0, 0.1) is 16.0 Å². The fraction of sp³-hybridized carbons (Fsp3) is 0.538. The van der Waals surface area contributed by atoms with E-state index in [-0.39, 0.29) is 22.5 Å². The number of hydrogen-bond acceptors (Lipinski definition) is 5. The molecule has 0 amide bonds. The van der Waals surface area contributed by atoms with Gasteiger partial charge in [0.15, 0.2) is 4.90 Å². The lowest BCUT2D eigenvalue weighted by Gasteiger charge is -2.37. The number of rotatable bonds is 4. The van der Waals surface area contributed by atoms with Gasteiger partial charge in [-0.1, -0.05) is 26.0 Å². The van der Waals surface area contributed by atoms with Crippen molar-refractivity contribution in [3.8, 4) is 0 Å². The van der Waals surface area contributed by atoms with Crippen LogP contribution in [0.25, 0.3) is 0 Å². The van der Waals surface area contributed by atoms with Crippen molar-refractivity contribution in [2.24, 2.45) is 5.92 Å². The molecule has 2 rings (SSSR count). The van der Waals surface area contributed by atoms with E-state index in [4.69, 9.17) is 0 Å². The average molecular weight is 313 g/mol. The zero-order valence-electron chi connectivity index (χ0n) is 12.0. The van der Waals surface area contributed by atoms with Gasteiger partial charge in [0.1, 0.15) is 0 Å². The number of nitrogens with one attached hydrogen (secondary N) is 1. The Bertz CT molecular complexity index is 630. The lowest BCUT2D eigenvalue weighted by molar-refractivity contribution is -0.387. The first-order chi connectivity index (χ1) is 9.85. The van der Waals surface area contributed by atoms with Crippen molar-refractivity contribution >= 4 is 15.7 Å². The van der Waals surface area contributed by atoms with Crippen molar-refractivity contribution in [3.63, 3.8) is 0 Å². The molecule has 8 heteroatoms. The van der Waals surface area contributed by atoms with Crippen LogP contribution in [0.2, 0.25) is 0 Å². The van der Waals surface area contributed by atoms with E-state index in [1.807, 2.05) is 13.8 Å². The van der Waals surface area contributed by atoms with Crippen LogP contribution < -0.4 is 5.32 Å². The molecule has 0 bridgehead atoms. The number of hydrogen-bond donors (Lipinski definition) is 1. The fourth-order valence-corrected chi connectivity index (χ4v) is 4.44. The Kier molecular flexibility index (Phi) is 4.60. The minimum absolute atomic E-state index is 0.121. The summed E-state index contributed by atoms with van der Waals surface area (Å²) in [5.74, 6) is 0.121. The van der Waals surface area contributed by atoms with Gasteiger partial charge in [-0.25, -0.2) is 8.42 Å². The van der Waals surface area contributed by atoms with Crippen LogP contribution in [0.4, 0.5) is 5.69 Å². The Hall–Kier alpha value is -1.51. The van der Waals surface area contributed by atoms with E-state index < -0.39 is 14.9 Å². The molecule has 1 saturated heterocycles. The summed E-state index contributed by atoms with van der Waals surface area (Å²) in [6.45, 7) is 5.30. The van der Waals surface area contributed by atoms with Crippen molar-refractivity contribution in [3.05, 3.63) is 34.4 Å². The second kappa shape index (κ2) is 6.08. The molecule has 1 aromatic rings. The molecule has 1 aliphatic rings. The Morgan fingerprint density at radius 1 is 1.38 bits per heavy atom. The van der Waals surface area contributed by atoms with Crippen LogP contribution in [-0.4, -0.2) is 43.3 Å². The molecule has 1 N–H and O–H groups in total. The molecule has 1 aliphatic heterocycles. The van der Waals surface area contributed by atoms with Gasteiger partial charge in [0.25, 0.3) is 5.69 Å². The number of piperazine rings is 1. The van der Waals surface area contributed by atoms with Gasteiger partial charge in [-0.05, 0) is 12.0 Å². The Labute approximate surface area is 124 Å². The summed E-state index contributed by atoms with van der Waals surface area (Å²) in [5.41, 5.74) is -0.376. The Morgan fingerprint density at radius 2 is 2.05 bits per heavy atom. The van der Waals surface area contributed by atoms with Gasteiger partial charge in [-0.3, -0.25) is 10.1 Å². The maximum atomic E-state index is 12.8. The van der Waals surface area contributed by atoms with Crippen LogP contribution in [0.3, 0.4) is 0 Å². The molecular formula is C13H19N3O4S. The topological polar surface area (TPSA) is 92.6 Å². The molecule has 116 valence electrons. The van der Waals surface area contributed by atoms with Gasteiger partial charge >= 0.3 is 0 Å². The standard InChI is InChI=1S/C13H19N3O4S/c1-10(2)12-9-14-7-8-15(12)21(19,20)13-6-4-3-5-11(13)16(17)18/h3-6,10,12,14H,7-9H2,1-2H3. The fourth-order valence-electron chi connectivity index (χ4n) is 2.53. The van der Waals surface area contributed by atoms with E-state index in [0.29, 0.717) is 19.6 Å². The summed E-state index contributed by atoms with van der Waals surface area (Å²) in [6.07, 6.45) is 0. The molecular weight excluding hydrogens is 294 g/mol. The lowest BCUT2D eigenvalue weighted by atomic mass is 10.0. The molecule has 0 spiro atoms. The van der Waals surface area contributed by atoms with E-state index in [9.17, 15) is 18.5 Å². The molecule has 1 unspecified atom stereocenters. The molecule has 0 aromatic heterocycles. The maximum absolute atomic E-state index is 12.8. The van der Waals surface area contributed by atoms with Crippen molar-refractivity contribution < 1.29 is 13.3 Å². The molecule has 1 heterocycles. The summed E-state index contributed by atoms with van der Waals surface area (Å²) < 4.78 is 27.0. The van der Waals surface area contributed by atoms with Gasteiger partial charge in [0.05, 0.1) is 4.92 Å². The third-order valence-electron chi connectivity index (χ3n) is 3.65. The molecule has 7 nitrogen and oxygen atoms in total. The van der Waals surface area contributed by atoms with Gasteiger partial charge in [-0.2, -0.15) is 4.31 Å². The first kappa shape index (κ1) is 15.9.